The van der Waals surface area contributed by atoms with Gasteiger partial charge in [-0.05, 0) is 19.9 Å². The van der Waals surface area contributed by atoms with Crippen LogP contribution < -0.4 is 0 Å². The van der Waals surface area contributed by atoms with Gasteiger partial charge in [0.2, 0.25) is 0 Å². The molecule has 0 aliphatic rings. The normalized spacial score (nSPS) is 10.4. The first-order valence-corrected chi connectivity index (χ1v) is 5.39. The Labute approximate surface area is 95.8 Å². The fraction of sp³-hybridized carbons (Fsp3) is 0.200. The molecule has 5 nitrogen and oxygen atoms in total. The second kappa shape index (κ2) is 3.97. The molecule has 82 valence electrons. The lowest BCUT2D eigenvalue weighted by Gasteiger charge is -1.98. The highest BCUT2D eigenvalue weighted by atomic mass is 32.1. The molecular weight excluding hydrogens is 226 g/mol. The molecular formula is C10H9N3O2S. The van der Waals surface area contributed by atoms with Gasteiger partial charge in [-0.1, -0.05) is 0 Å². The second-order valence-electron chi connectivity index (χ2n) is 3.24. The van der Waals surface area contributed by atoms with Crippen LogP contribution in [0.4, 0.5) is 0 Å². The van der Waals surface area contributed by atoms with Crippen molar-refractivity contribution in [2.45, 2.75) is 13.8 Å². The average molecular weight is 235 g/mol. The van der Waals surface area contributed by atoms with Gasteiger partial charge in [0.25, 0.3) is 0 Å². The summed E-state index contributed by atoms with van der Waals surface area (Å²) in [6, 6.07) is 1.46. The zero-order valence-electron chi connectivity index (χ0n) is 8.76. The molecule has 0 saturated carbocycles. The molecule has 0 saturated heterocycles. The van der Waals surface area contributed by atoms with Crippen molar-refractivity contribution in [2.24, 2.45) is 0 Å². The number of hydrogen-bond donors (Lipinski definition) is 1. The smallest absolute Gasteiger partial charge is 0.354 e. The fourth-order valence-electron chi connectivity index (χ4n) is 1.37. The van der Waals surface area contributed by atoms with Crippen molar-refractivity contribution < 1.29 is 9.90 Å². The summed E-state index contributed by atoms with van der Waals surface area (Å²) < 4.78 is 0. The highest BCUT2D eigenvalue weighted by Gasteiger charge is 2.12. The number of carbonyl (C=O) groups is 1. The highest BCUT2D eigenvalue weighted by molar-refractivity contribution is 7.15. The molecule has 0 fully saturated rings. The van der Waals surface area contributed by atoms with E-state index in [-0.39, 0.29) is 5.69 Å². The number of thiazole rings is 1. The molecule has 0 amide bonds. The number of aromatic carboxylic acids is 1. The number of aromatic nitrogens is 3. The molecule has 0 unspecified atom stereocenters. The first-order valence-electron chi connectivity index (χ1n) is 4.57. The Hall–Kier alpha value is -1.82. The zero-order chi connectivity index (χ0) is 11.7. The number of aryl methyl sites for hydroxylation is 2. The number of nitrogens with zero attached hydrogens (tertiary/aromatic N) is 3. The second-order valence-corrected chi connectivity index (χ2v) is 4.44. The maximum atomic E-state index is 10.8. The summed E-state index contributed by atoms with van der Waals surface area (Å²) in [5.41, 5.74) is 1.46. The van der Waals surface area contributed by atoms with Crippen LogP contribution in [0.25, 0.3) is 10.6 Å². The van der Waals surface area contributed by atoms with Gasteiger partial charge in [0, 0.05) is 0 Å². The summed E-state index contributed by atoms with van der Waals surface area (Å²) in [7, 11) is 0. The van der Waals surface area contributed by atoms with Crippen LogP contribution in [0.5, 0.6) is 0 Å². The Morgan fingerprint density at radius 2 is 2.12 bits per heavy atom. The Kier molecular flexibility index (Phi) is 2.66. The Balaban J connectivity index is 2.52. The summed E-state index contributed by atoms with van der Waals surface area (Å²) >= 11 is 1.49. The number of hydrogen-bond acceptors (Lipinski definition) is 5. The van der Waals surface area contributed by atoms with Crippen molar-refractivity contribution in [1.29, 1.82) is 0 Å². The van der Waals surface area contributed by atoms with Gasteiger partial charge >= 0.3 is 5.97 Å². The van der Waals surface area contributed by atoms with Crippen LogP contribution in [0.3, 0.4) is 0 Å². The minimum Gasteiger partial charge on any atom is -0.477 e. The number of rotatable bonds is 2. The molecule has 0 bridgehead atoms. The highest BCUT2D eigenvalue weighted by Crippen LogP contribution is 2.27. The third kappa shape index (κ3) is 1.92. The first-order chi connectivity index (χ1) is 7.58. The Morgan fingerprint density at radius 1 is 1.38 bits per heavy atom. The van der Waals surface area contributed by atoms with E-state index in [4.69, 9.17) is 5.11 Å². The summed E-state index contributed by atoms with van der Waals surface area (Å²) in [6.45, 7) is 3.78. The monoisotopic (exact) mass is 235 g/mol. The zero-order valence-corrected chi connectivity index (χ0v) is 9.58. The number of carboxylic acids is 1. The lowest BCUT2D eigenvalue weighted by Crippen LogP contribution is -2.01. The predicted octanol–water partition coefficient (Wildman–Crippen LogP) is 1.92. The third-order valence-corrected chi connectivity index (χ3v) is 3.12. The van der Waals surface area contributed by atoms with E-state index < -0.39 is 5.97 Å². The molecule has 1 N–H and O–H groups in total. The maximum Gasteiger partial charge on any atom is 0.354 e. The van der Waals surface area contributed by atoms with E-state index in [9.17, 15) is 4.79 Å². The molecule has 0 aromatic carbocycles. The summed E-state index contributed by atoms with van der Waals surface area (Å²) in [6.07, 6.45) is 1.26. The van der Waals surface area contributed by atoms with Crippen LogP contribution in [-0.4, -0.2) is 26.0 Å². The summed E-state index contributed by atoms with van der Waals surface area (Å²) in [5.74, 6) is -1.05. The van der Waals surface area contributed by atoms with Gasteiger partial charge in [0.1, 0.15) is 6.33 Å². The van der Waals surface area contributed by atoms with Gasteiger partial charge in [0.15, 0.2) is 5.69 Å². The van der Waals surface area contributed by atoms with Crippen LogP contribution in [-0.2, 0) is 0 Å². The van der Waals surface area contributed by atoms with Gasteiger partial charge in [0.05, 0.1) is 21.3 Å². The van der Waals surface area contributed by atoms with Crippen molar-refractivity contribution in [3.05, 3.63) is 28.8 Å². The van der Waals surface area contributed by atoms with Gasteiger partial charge < -0.3 is 5.11 Å². The van der Waals surface area contributed by atoms with Gasteiger partial charge in [-0.15, -0.1) is 11.3 Å². The lowest BCUT2D eigenvalue weighted by molar-refractivity contribution is 0.0690. The average Bonchev–Trinajstić information content (AvgIpc) is 2.58. The number of carboxylic acid groups (broad SMARTS) is 1. The lowest BCUT2D eigenvalue weighted by atomic mass is 10.2. The molecule has 0 atom stereocenters. The van der Waals surface area contributed by atoms with Gasteiger partial charge in [-0.25, -0.2) is 19.7 Å². The van der Waals surface area contributed by atoms with Gasteiger partial charge in [-0.3, -0.25) is 0 Å². The van der Waals surface area contributed by atoms with Crippen LogP contribution in [0.2, 0.25) is 0 Å². The van der Waals surface area contributed by atoms with Crippen LogP contribution >= 0.6 is 11.3 Å². The molecule has 6 heteroatoms. The van der Waals surface area contributed by atoms with Crippen LogP contribution in [0.15, 0.2) is 12.4 Å². The first kappa shape index (κ1) is 10.7. The minimum atomic E-state index is -1.05. The van der Waals surface area contributed by atoms with E-state index in [1.165, 1.54) is 23.7 Å². The Morgan fingerprint density at radius 3 is 2.69 bits per heavy atom. The minimum absolute atomic E-state index is 0.00421. The molecule has 2 heterocycles. The molecule has 2 aromatic heterocycles. The maximum absolute atomic E-state index is 10.8. The largest absolute Gasteiger partial charge is 0.477 e. The topological polar surface area (TPSA) is 76.0 Å². The molecule has 2 aromatic rings. The quantitative estimate of drug-likeness (QED) is 0.860. The van der Waals surface area contributed by atoms with E-state index >= 15 is 0 Å². The van der Waals surface area contributed by atoms with Crippen molar-refractivity contribution in [1.82, 2.24) is 15.0 Å². The van der Waals surface area contributed by atoms with Crippen LogP contribution in [0.1, 0.15) is 21.2 Å². The van der Waals surface area contributed by atoms with E-state index in [1.807, 2.05) is 13.8 Å². The predicted molar refractivity (Wildman–Crippen MR) is 59.6 cm³/mol. The fourth-order valence-corrected chi connectivity index (χ4v) is 2.25. The third-order valence-electron chi connectivity index (χ3n) is 2.02. The van der Waals surface area contributed by atoms with E-state index in [0.29, 0.717) is 5.69 Å². The van der Waals surface area contributed by atoms with Crippen molar-refractivity contribution in [3.8, 4) is 10.6 Å². The summed E-state index contributed by atoms with van der Waals surface area (Å²) in [5, 5.41) is 9.76. The van der Waals surface area contributed by atoms with Crippen molar-refractivity contribution in [2.75, 3.05) is 0 Å². The van der Waals surface area contributed by atoms with Crippen molar-refractivity contribution in [3.63, 3.8) is 0 Å². The molecule has 0 aliphatic carbocycles. The molecule has 0 spiro atoms. The molecule has 2 rings (SSSR count). The SMILES string of the molecule is Cc1nc(C)c(-c2cc(C(=O)O)ncn2)s1. The van der Waals surface area contributed by atoms with E-state index in [1.54, 1.807) is 0 Å². The molecule has 0 aliphatic heterocycles. The Bertz CT molecular complexity index is 551. The van der Waals surface area contributed by atoms with Gasteiger partial charge in [-0.2, -0.15) is 0 Å². The van der Waals surface area contributed by atoms with Crippen LogP contribution in [0, 0.1) is 13.8 Å². The molecule has 16 heavy (non-hydrogen) atoms. The van der Waals surface area contributed by atoms with Crippen molar-refractivity contribution >= 4 is 17.3 Å². The molecule has 0 radical (unpaired) electrons. The summed E-state index contributed by atoms with van der Waals surface area (Å²) in [4.78, 5) is 23.7. The van der Waals surface area contributed by atoms with E-state index in [2.05, 4.69) is 15.0 Å². The van der Waals surface area contributed by atoms with E-state index in [0.717, 1.165) is 15.6 Å². The standard InChI is InChI=1S/C10H9N3O2S/c1-5-9(16-6(2)13-5)7-3-8(10(14)15)12-4-11-7/h3-4H,1-2H3,(H,14,15).